The van der Waals surface area contributed by atoms with Gasteiger partial charge in [0.25, 0.3) is 0 Å². The Morgan fingerprint density at radius 1 is 0.667 bits per heavy atom. The van der Waals surface area contributed by atoms with Crippen molar-refractivity contribution in [3.05, 3.63) is 48.5 Å². The smallest absolute Gasteiger partial charge is 0.234 e. The van der Waals surface area contributed by atoms with E-state index in [0.717, 1.165) is 21.2 Å². The fraction of sp³-hybridized carbons (Fsp3) is 0.100. The molecule has 4 rings (SSSR count). The van der Waals surface area contributed by atoms with E-state index < -0.39 is 0 Å². The molecular formula is C20H18N8O2S6. The predicted molar refractivity (Wildman–Crippen MR) is 152 cm³/mol. The molecule has 0 radical (unpaired) electrons. The lowest BCUT2D eigenvalue weighted by Crippen LogP contribution is -2.13. The number of nitrogen functional groups attached to an aromatic ring is 2. The number of nitrogens with zero attached hydrogens (tertiary/aromatic N) is 4. The Morgan fingerprint density at radius 2 is 1.06 bits per heavy atom. The molecular weight excluding hydrogens is 577 g/mol. The zero-order chi connectivity index (χ0) is 25.3. The predicted octanol–water partition coefficient (Wildman–Crippen LogP) is 4.82. The van der Waals surface area contributed by atoms with Gasteiger partial charge in [0.05, 0.1) is 11.5 Å². The molecule has 0 fully saturated rings. The Balaban J connectivity index is 1.17. The topological polar surface area (TPSA) is 162 Å². The van der Waals surface area contributed by atoms with Crippen molar-refractivity contribution < 1.29 is 9.59 Å². The van der Waals surface area contributed by atoms with Crippen molar-refractivity contribution >= 4 is 101 Å². The number of nitrogens with two attached hydrogens (primary N) is 2. The van der Waals surface area contributed by atoms with Gasteiger partial charge in [0, 0.05) is 21.2 Å². The van der Waals surface area contributed by atoms with E-state index in [-0.39, 0.29) is 23.3 Å². The molecule has 0 spiro atoms. The van der Waals surface area contributed by atoms with Crippen molar-refractivity contribution in [1.82, 2.24) is 20.4 Å². The summed E-state index contributed by atoms with van der Waals surface area (Å²) in [6, 6.07) is 15.2. The second-order valence-corrected chi connectivity index (χ2v) is 13.4. The van der Waals surface area contributed by atoms with E-state index in [9.17, 15) is 9.59 Å². The molecule has 0 aliphatic heterocycles. The minimum absolute atomic E-state index is 0.126. The maximum absolute atomic E-state index is 12.1. The second-order valence-electron chi connectivity index (χ2n) is 6.70. The molecule has 0 saturated carbocycles. The summed E-state index contributed by atoms with van der Waals surface area (Å²) in [6.45, 7) is 0. The highest BCUT2D eigenvalue weighted by atomic mass is 33.1. The molecule has 0 saturated heterocycles. The lowest BCUT2D eigenvalue weighted by atomic mass is 10.3. The zero-order valence-electron chi connectivity index (χ0n) is 18.2. The fourth-order valence-electron chi connectivity index (χ4n) is 2.49. The second kappa shape index (κ2) is 13.2. The minimum Gasteiger partial charge on any atom is -0.374 e. The number of rotatable bonds is 11. The molecule has 0 aliphatic rings. The number of nitrogens with one attached hydrogen (secondary N) is 2. The number of thioether (sulfide) groups is 2. The van der Waals surface area contributed by atoms with Crippen LogP contribution in [0.3, 0.4) is 0 Å². The molecule has 2 aromatic carbocycles. The van der Waals surface area contributed by atoms with Gasteiger partial charge in [-0.05, 0) is 48.5 Å². The first kappa shape index (κ1) is 26.6. The van der Waals surface area contributed by atoms with E-state index >= 15 is 0 Å². The molecule has 0 atom stereocenters. The number of amides is 2. The number of benzene rings is 2. The lowest BCUT2D eigenvalue weighted by Gasteiger charge is -2.07. The van der Waals surface area contributed by atoms with Crippen LogP contribution in [0.2, 0.25) is 0 Å². The summed E-state index contributed by atoms with van der Waals surface area (Å²) in [5.74, 6) is 0.210. The van der Waals surface area contributed by atoms with E-state index in [1.54, 1.807) is 21.6 Å². The number of aromatic nitrogens is 4. The van der Waals surface area contributed by atoms with Crippen LogP contribution in [-0.2, 0) is 9.59 Å². The quantitative estimate of drug-likeness (QED) is 0.139. The molecule has 16 heteroatoms. The van der Waals surface area contributed by atoms with Gasteiger partial charge in [-0.25, -0.2) is 0 Å². The highest BCUT2D eigenvalue weighted by Crippen LogP contribution is 2.38. The number of hydrogen-bond acceptors (Lipinski definition) is 14. The maximum atomic E-state index is 12.1. The van der Waals surface area contributed by atoms with Gasteiger partial charge < -0.3 is 22.1 Å². The van der Waals surface area contributed by atoms with Gasteiger partial charge in [-0.1, -0.05) is 67.8 Å². The van der Waals surface area contributed by atoms with Crippen molar-refractivity contribution in [2.45, 2.75) is 18.5 Å². The summed E-state index contributed by atoms with van der Waals surface area (Å²) in [5.41, 5.74) is 12.5. The van der Waals surface area contributed by atoms with Crippen LogP contribution in [0.1, 0.15) is 0 Å². The van der Waals surface area contributed by atoms with E-state index in [1.807, 2.05) is 48.5 Å². The van der Waals surface area contributed by atoms with Crippen LogP contribution >= 0.6 is 67.8 Å². The molecule has 6 N–H and O–H groups in total. The molecule has 4 aromatic rings. The molecule has 2 amide bonds. The molecule has 186 valence electrons. The standard InChI is InChI=1S/C20H18N8O2S6/c21-17-25-27-19(33-17)31-9-15(29)23-11-1-5-13(6-2-11)35-36-14-7-3-12(4-8-14)24-16(30)10-32-20-28-26-18(22)34-20/h1-8H,9-10H2,(H2,21,25)(H2,22,26)(H,23,29)(H,24,30). The highest BCUT2D eigenvalue weighted by Gasteiger charge is 2.09. The van der Waals surface area contributed by atoms with Gasteiger partial charge in [0.15, 0.2) is 8.68 Å². The van der Waals surface area contributed by atoms with E-state index in [4.69, 9.17) is 11.5 Å². The largest absolute Gasteiger partial charge is 0.374 e. The molecule has 10 nitrogen and oxygen atoms in total. The highest BCUT2D eigenvalue weighted by molar-refractivity contribution is 8.76. The number of anilines is 4. The van der Waals surface area contributed by atoms with Gasteiger partial charge in [-0.15, -0.1) is 20.4 Å². The number of carbonyl (C=O) groups is 2. The first-order chi connectivity index (χ1) is 17.4. The van der Waals surface area contributed by atoms with Crippen molar-refractivity contribution in [2.24, 2.45) is 0 Å². The van der Waals surface area contributed by atoms with Crippen LogP contribution < -0.4 is 22.1 Å². The Morgan fingerprint density at radius 3 is 1.39 bits per heavy atom. The third-order valence-electron chi connectivity index (χ3n) is 4.01. The minimum atomic E-state index is -0.126. The van der Waals surface area contributed by atoms with Crippen molar-refractivity contribution in [3.63, 3.8) is 0 Å². The van der Waals surface area contributed by atoms with E-state index in [0.29, 0.717) is 18.9 Å². The van der Waals surface area contributed by atoms with Crippen LogP contribution in [-0.4, -0.2) is 43.7 Å². The van der Waals surface area contributed by atoms with Crippen molar-refractivity contribution in [2.75, 3.05) is 33.6 Å². The Hall–Kier alpha value is -2.50. The molecule has 36 heavy (non-hydrogen) atoms. The molecule has 2 aromatic heterocycles. The van der Waals surface area contributed by atoms with Gasteiger partial charge in [-0.2, -0.15) is 0 Å². The van der Waals surface area contributed by atoms with Gasteiger partial charge in [0.1, 0.15) is 0 Å². The molecule has 2 heterocycles. The third-order valence-corrected chi connectivity index (χ3v) is 10.2. The first-order valence-corrected chi connectivity index (χ1v) is 15.8. The monoisotopic (exact) mass is 594 g/mol. The maximum Gasteiger partial charge on any atom is 0.234 e. The summed E-state index contributed by atoms with van der Waals surface area (Å²) in [4.78, 5) is 26.4. The van der Waals surface area contributed by atoms with E-state index in [1.165, 1.54) is 46.2 Å². The average Bonchev–Trinajstić information content (AvgIpc) is 3.49. The van der Waals surface area contributed by atoms with E-state index in [2.05, 4.69) is 31.0 Å². The Labute approximate surface area is 230 Å². The van der Waals surface area contributed by atoms with Gasteiger partial charge >= 0.3 is 0 Å². The SMILES string of the molecule is Nc1nnc(SCC(=O)Nc2ccc(SSc3ccc(NC(=O)CSc4nnc(N)s4)cc3)cc2)s1. The summed E-state index contributed by atoms with van der Waals surface area (Å²) in [7, 11) is 3.20. The van der Waals surface area contributed by atoms with Crippen LogP contribution in [0, 0.1) is 0 Å². The van der Waals surface area contributed by atoms with Crippen molar-refractivity contribution in [1.29, 1.82) is 0 Å². The number of carbonyl (C=O) groups excluding carboxylic acids is 2. The zero-order valence-corrected chi connectivity index (χ0v) is 23.1. The lowest BCUT2D eigenvalue weighted by molar-refractivity contribution is -0.114. The summed E-state index contributed by atoms with van der Waals surface area (Å²) >= 11 is 5.10. The summed E-state index contributed by atoms with van der Waals surface area (Å²) in [6.07, 6.45) is 0. The third kappa shape index (κ3) is 8.56. The fourth-order valence-corrected chi connectivity index (χ4v) is 7.29. The molecule has 0 bridgehead atoms. The van der Waals surface area contributed by atoms with Crippen molar-refractivity contribution in [3.8, 4) is 0 Å². The Kier molecular flexibility index (Phi) is 9.71. The Bertz CT molecular complexity index is 1210. The molecule has 0 unspecified atom stereocenters. The summed E-state index contributed by atoms with van der Waals surface area (Å²) < 4.78 is 1.33. The van der Waals surface area contributed by atoms with Crippen LogP contribution in [0.4, 0.5) is 21.6 Å². The number of hydrogen-bond donors (Lipinski definition) is 4. The molecule has 0 aliphatic carbocycles. The van der Waals surface area contributed by atoms with Crippen LogP contribution in [0.5, 0.6) is 0 Å². The average molecular weight is 595 g/mol. The first-order valence-electron chi connectivity index (χ1n) is 10.0. The van der Waals surface area contributed by atoms with Gasteiger partial charge in [0.2, 0.25) is 22.1 Å². The van der Waals surface area contributed by atoms with Crippen LogP contribution in [0.25, 0.3) is 0 Å². The van der Waals surface area contributed by atoms with Gasteiger partial charge in [-0.3, -0.25) is 9.59 Å². The normalized spacial score (nSPS) is 10.8. The summed E-state index contributed by atoms with van der Waals surface area (Å²) in [5, 5.41) is 21.7. The van der Waals surface area contributed by atoms with Crippen LogP contribution in [0.15, 0.2) is 67.0 Å².